The van der Waals surface area contributed by atoms with Crippen LogP contribution < -0.4 is 4.90 Å². The van der Waals surface area contributed by atoms with Gasteiger partial charge in [0.25, 0.3) is 0 Å². The first-order valence-electron chi connectivity index (χ1n) is 7.64. The van der Waals surface area contributed by atoms with Crippen LogP contribution in [0.2, 0.25) is 0 Å². The van der Waals surface area contributed by atoms with Crippen molar-refractivity contribution in [2.24, 2.45) is 0 Å². The van der Waals surface area contributed by atoms with E-state index in [9.17, 15) is 17.6 Å². The van der Waals surface area contributed by atoms with E-state index in [-0.39, 0.29) is 11.9 Å². The van der Waals surface area contributed by atoms with Crippen LogP contribution in [-0.4, -0.2) is 6.54 Å². The molecule has 0 bridgehead atoms. The van der Waals surface area contributed by atoms with Crippen molar-refractivity contribution in [3.8, 4) is 0 Å². The van der Waals surface area contributed by atoms with Crippen molar-refractivity contribution in [1.29, 1.82) is 0 Å². The standard InChI is InChI=1S/C18H17F4N/c19-15-8-4-13(5-9-15)17-3-1-2-12-23(17)16-10-6-14(7-11-16)18(20,21)22/h4-11,17H,1-3,12H2. The van der Waals surface area contributed by atoms with Crippen LogP contribution in [0.4, 0.5) is 23.2 Å². The minimum atomic E-state index is -4.32. The fraction of sp³-hybridized carbons (Fsp3) is 0.333. The minimum Gasteiger partial charge on any atom is -0.364 e. The Morgan fingerprint density at radius 2 is 1.52 bits per heavy atom. The van der Waals surface area contributed by atoms with E-state index >= 15 is 0 Å². The zero-order valence-electron chi connectivity index (χ0n) is 12.5. The molecule has 1 aliphatic heterocycles. The normalized spacial score (nSPS) is 19.0. The van der Waals surface area contributed by atoms with Gasteiger partial charge in [-0.25, -0.2) is 4.39 Å². The Labute approximate surface area is 132 Å². The number of nitrogens with zero attached hydrogens (tertiary/aromatic N) is 1. The number of piperidine rings is 1. The van der Waals surface area contributed by atoms with E-state index in [1.807, 2.05) is 0 Å². The SMILES string of the molecule is Fc1ccc(C2CCCCN2c2ccc(C(F)(F)F)cc2)cc1. The molecule has 1 atom stereocenters. The minimum absolute atomic E-state index is 0.0705. The molecule has 1 heterocycles. The average molecular weight is 323 g/mol. The molecule has 0 aromatic heterocycles. The third-order valence-electron chi connectivity index (χ3n) is 4.28. The summed E-state index contributed by atoms with van der Waals surface area (Å²) >= 11 is 0. The Hall–Kier alpha value is -2.04. The molecule has 1 saturated heterocycles. The summed E-state index contributed by atoms with van der Waals surface area (Å²) in [7, 11) is 0. The molecule has 0 N–H and O–H groups in total. The number of alkyl halides is 3. The fourth-order valence-corrected chi connectivity index (χ4v) is 3.11. The molecule has 23 heavy (non-hydrogen) atoms. The van der Waals surface area contributed by atoms with E-state index in [1.54, 1.807) is 12.1 Å². The maximum Gasteiger partial charge on any atom is 0.416 e. The topological polar surface area (TPSA) is 3.24 Å². The van der Waals surface area contributed by atoms with Crippen molar-refractivity contribution < 1.29 is 17.6 Å². The van der Waals surface area contributed by atoms with Gasteiger partial charge in [0.1, 0.15) is 5.82 Å². The van der Waals surface area contributed by atoms with Gasteiger partial charge >= 0.3 is 6.18 Å². The summed E-state index contributed by atoms with van der Waals surface area (Å²) in [4.78, 5) is 2.11. The van der Waals surface area contributed by atoms with Gasteiger partial charge in [-0.2, -0.15) is 13.2 Å². The second-order valence-corrected chi connectivity index (χ2v) is 5.80. The molecule has 1 unspecified atom stereocenters. The Bertz CT molecular complexity index is 646. The van der Waals surface area contributed by atoms with E-state index in [4.69, 9.17) is 0 Å². The molecule has 0 radical (unpaired) electrons. The Morgan fingerprint density at radius 3 is 2.13 bits per heavy atom. The van der Waals surface area contributed by atoms with Crippen LogP contribution in [0, 0.1) is 5.82 Å². The molecule has 5 heteroatoms. The summed E-state index contributed by atoms with van der Waals surface area (Å²) in [6.07, 6.45) is -1.36. The lowest BCUT2D eigenvalue weighted by Crippen LogP contribution is -2.33. The number of benzene rings is 2. The molecule has 2 aromatic carbocycles. The number of hydrogen-bond donors (Lipinski definition) is 0. The van der Waals surface area contributed by atoms with E-state index in [0.29, 0.717) is 0 Å². The lowest BCUT2D eigenvalue weighted by atomic mass is 9.94. The highest BCUT2D eigenvalue weighted by atomic mass is 19.4. The van der Waals surface area contributed by atoms with Crippen LogP contribution in [0.5, 0.6) is 0 Å². The second-order valence-electron chi connectivity index (χ2n) is 5.80. The van der Waals surface area contributed by atoms with Gasteiger partial charge in [-0.3, -0.25) is 0 Å². The molecule has 3 rings (SSSR count). The van der Waals surface area contributed by atoms with Crippen LogP contribution in [0.15, 0.2) is 48.5 Å². The van der Waals surface area contributed by atoms with Gasteiger partial charge in [-0.1, -0.05) is 12.1 Å². The summed E-state index contributed by atoms with van der Waals surface area (Å²) in [5.41, 5.74) is 1.12. The fourth-order valence-electron chi connectivity index (χ4n) is 3.11. The zero-order valence-corrected chi connectivity index (χ0v) is 12.5. The molecule has 0 saturated carbocycles. The van der Waals surface area contributed by atoms with Crippen molar-refractivity contribution in [1.82, 2.24) is 0 Å². The van der Waals surface area contributed by atoms with Crippen LogP contribution >= 0.6 is 0 Å². The first-order chi connectivity index (χ1) is 10.9. The first kappa shape index (κ1) is 15.8. The van der Waals surface area contributed by atoms with Gasteiger partial charge in [0, 0.05) is 12.2 Å². The second kappa shape index (κ2) is 6.22. The summed E-state index contributed by atoms with van der Waals surface area (Å²) in [6.45, 7) is 0.785. The molecular formula is C18H17F4N. The van der Waals surface area contributed by atoms with Crippen molar-refractivity contribution >= 4 is 5.69 Å². The van der Waals surface area contributed by atoms with Crippen molar-refractivity contribution in [2.45, 2.75) is 31.5 Å². The largest absolute Gasteiger partial charge is 0.416 e. The summed E-state index contributed by atoms with van der Waals surface area (Å²) in [6, 6.07) is 11.7. The monoisotopic (exact) mass is 323 g/mol. The third-order valence-corrected chi connectivity index (χ3v) is 4.28. The summed E-state index contributed by atoms with van der Waals surface area (Å²) < 4.78 is 51.2. The van der Waals surface area contributed by atoms with Gasteiger partial charge in [0.05, 0.1) is 11.6 Å². The average Bonchev–Trinajstić information content (AvgIpc) is 2.55. The molecular weight excluding hydrogens is 306 g/mol. The lowest BCUT2D eigenvalue weighted by molar-refractivity contribution is -0.137. The maximum atomic E-state index is 13.1. The molecule has 0 aliphatic carbocycles. The smallest absolute Gasteiger partial charge is 0.364 e. The number of halogens is 4. The highest BCUT2D eigenvalue weighted by molar-refractivity contribution is 5.51. The van der Waals surface area contributed by atoms with E-state index in [1.165, 1.54) is 24.3 Å². The molecule has 122 valence electrons. The Balaban J connectivity index is 1.88. The van der Waals surface area contributed by atoms with Gasteiger partial charge in [-0.05, 0) is 61.2 Å². The zero-order chi connectivity index (χ0) is 16.4. The summed E-state index contributed by atoms with van der Waals surface area (Å²) in [5, 5.41) is 0. The highest BCUT2D eigenvalue weighted by Gasteiger charge is 2.31. The predicted octanol–water partition coefficient (Wildman–Crippen LogP) is 5.58. The van der Waals surface area contributed by atoms with Crippen LogP contribution in [0.25, 0.3) is 0 Å². The molecule has 1 fully saturated rings. The van der Waals surface area contributed by atoms with Gasteiger partial charge in [0.15, 0.2) is 0 Å². The molecule has 1 aliphatic rings. The molecule has 1 nitrogen and oxygen atoms in total. The number of rotatable bonds is 2. The van der Waals surface area contributed by atoms with Crippen molar-refractivity contribution in [3.05, 3.63) is 65.5 Å². The number of hydrogen-bond acceptors (Lipinski definition) is 1. The highest BCUT2D eigenvalue weighted by Crippen LogP contribution is 2.36. The summed E-state index contributed by atoms with van der Waals surface area (Å²) in [5.74, 6) is -0.286. The Morgan fingerprint density at radius 1 is 0.870 bits per heavy atom. The first-order valence-corrected chi connectivity index (χ1v) is 7.64. The van der Waals surface area contributed by atoms with Crippen LogP contribution in [-0.2, 0) is 6.18 Å². The molecule has 0 spiro atoms. The van der Waals surface area contributed by atoms with E-state index in [0.717, 1.165) is 49.2 Å². The van der Waals surface area contributed by atoms with Crippen LogP contribution in [0.3, 0.4) is 0 Å². The van der Waals surface area contributed by atoms with Crippen LogP contribution in [0.1, 0.15) is 36.4 Å². The van der Waals surface area contributed by atoms with Crippen molar-refractivity contribution in [3.63, 3.8) is 0 Å². The number of anilines is 1. The molecule has 0 amide bonds. The lowest BCUT2D eigenvalue weighted by Gasteiger charge is -2.38. The Kier molecular flexibility index (Phi) is 4.28. The quantitative estimate of drug-likeness (QED) is 0.653. The molecule has 2 aromatic rings. The third kappa shape index (κ3) is 3.49. The maximum absolute atomic E-state index is 13.1. The van der Waals surface area contributed by atoms with E-state index in [2.05, 4.69) is 4.90 Å². The van der Waals surface area contributed by atoms with Gasteiger partial charge in [0.2, 0.25) is 0 Å². The van der Waals surface area contributed by atoms with E-state index < -0.39 is 11.7 Å². The van der Waals surface area contributed by atoms with Gasteiger partial charge in [-0.15, -0.1) is 0 Å². The van der Waals surface area contributed by atoms with Gasteiger partial charge < -0.3 is 4.90 Å². The van der Waals surface area contributed by atoms with Crippen molar-refractivity contribution in [2.75, 3.05) is 11.4 Å². The predicted molar refractivity (Wildman–Crippen MR) is 81.8 cm³/mol.